The molecule has 0 atom stereocenters. The number of ketones is 1. The first-order valence-electron chi connectivity index (χ1n) is 7.15. The number of carboxylic acids is 2. The average Bonchev–Trinajstić information content (AvgIpc) is 2.88. The Morgan fingerprint density at radius 1 is 1.00 bits per heavy atom. The summed E-state index contributed by atoms with van der Waals surface area (Å²) >= 11 is 0. The van der Waals surface area contributed by atoms with Crippen LogP contribution in [0.2, 0.25) is 0 Å². The molecule has 0 fully saturated rings. The molecule has 1 aromatic heterocycles. The number of aliphatic carboxylic acids is 2. The van der Waals surface area contributed by atoms with Crippen LogP contribution in [-0.2, 0) is 23.1 Å². The zero-order chi connectivity index (χ0) is 18.3. The fraction of sp³-hybridized carbons (Fsp3) is 0.235. The van der Waals surface area contributed by atoms with E-state index >= 15 is 0 Å². The van der Waals surface area contributed by atoms with Crippen LogP contribution in [0, 0.1) is 6.92 Å². The van der Waals surface area contributed by atoms with Gasteiger partial charge in [0.05, 0.1) is 18.7 Å². The molecule has 2 rings (SSSR count). The lowest BCUT2D eigenvalue weighted by Gasteiger charge is -2.06. The Kier molecular flexibility index (Phi) is 6.88. The Bertz CT molecular complexity index is 732. The Morgan fingerprint density at radius 3 is 2.00 bits per heavy atom. The van der Waals surface area contributed by atoms with Crippen molar-refractivity contribution in [3.05, 3.63) is 58.9 Å². The molecule has 1 heterocycles. The molecule has 1 aromatic carbocycles. The minimum atomic E-state index is -0.968. The van der Waals surface area contributed by atoms with Gasteiger partial charge in [-0.3, -0.25) is 14.4 Å². The molecule has 24 heavy (non-hydrogen) atoms. The standard InChI is InChI=1S/C15H15NO3.C2H5NO2/c1-10-3-5-11(6-4-10)15(19)13-8-7-12(16(13)2)9-14(17)18;3-1-2(4)5/h3-8H,9H2,1-2H3,(H,17,18);1,3H2,(H,4,5). The van der Waals surface area contributed by atoms with Crippen molar-refractivity contribution in [1.82, 2.24) is 4.57 Å². The van der Waals surface area contributed by atoms with Gasteiger partial charge in [0.2, 0.25) is 5.78 Å². The number of hydrogen-bond donors (Lipinski definition) is 3. The van der Waals surface area contributed by atoms with Gasteiger partial charge in [-0.1, -0.05) is 29.8 Å². The maximum absolute atomic E-state index is 12.3. The monoisotopic (exact) mass is 332 g/mol. The number of rotatable bonds is 5. The molecule has 0 saturated heterocycles. The van der Waals surface area contributed by atoms with Crippen LogP contribution in [0.15, 0.2) is 36.4 Å². The predicted molar refractivity (Wildman–Crippen MR) is 88.1 cm³/mol. The molecule has 128 valence electrons. The van der Waals surface area contributed by atoms with E-state index in [0.29, 0.717) is 17.0 Å². The first-order valence-corrected chi connectivity index (χ1v) is 7.15. The zero-order valence-electron chi connectivity index (χ0n) is 13.5. The second-order valence-corrected chi connectivity index (χ2v) is 5.13. The van der Waals surface area contributed by atoms with E-state index in [-0.39, 0.29) is 18.7 Å². The number of aromatic nitrogens is 1. The summed E-state index contributed by atoms with van der Waals surface area (Å²) in [7, 11) is 1.71. The van der Waals surface area contributed by atoms with Crippen molar-refractivity contribution in [2.75, 3.05) is 6.54 Å². The molecule has 0 radical (unpaired) electrons. The van der Waals surface area contributed by atoms with Gasteiger partial charge in [-0.25, -0.2) is 0 Å². The van der Waals surface area contributed by atoms with Crippen LogP contribution in [0.3, 0.4) is 0 Å². The second-order valence-electron chi connectivity index (χ2n) is 5.13. The molecule has 0 bridgehead atoms. The molecule has 0 spiro atoms. The molecule has 0 aliphatic rings. The van der Waals surface area contributed by atoms with Crippen molar-refractivity contribution in [2.24, 2.45) is 12.8 Å². The summed E-state index contributed by atoms with van der Waals surface area (Å²) in [6.45, 7) is 1.68. The third-order valence-electron chi connectivity index (χ3n) is 3.28. The summed E-state index contributed by atoms with van der Waals surface area (Å²) in [6.07, 6.45) is -0.0856. The highest BCUT2D eigenvalue weighted by Crippen LogP contribution is 2.14. The predicted octanol–water partition coefficient (Wildman–Crippen LogP) is 1.22. The average molecular weight is 332 g/mol. The molecule has 4 N–H and O–H groups in total. The van der Waals surface area contributed by atoms with E-state index in [4.69, 9.17) is 10.2 Å². The maximum atomic E-state index is 12.3. The maximum Gasteiger partial charge on any atom is 0.317 e. The third-order valence-corrected chi connectivity index (χ3v) is 3.28. The van der Waals surface area contributed by atoms with Crippen LogP contribution in [0.1, 0.15) is 27.3 Å². The SMILES string of the molecule is Cc1ccc(C(=O)c2ccc(CC(=O)O)n2C)cc1.NCC(=O)O. The number of hydrogen-bond acceptors (Lipinski definition) is 4. The Balaban J connectivity index is 0.000000505. The third kappa shape index (κ3) is 5.36. The van der Waals surface area contributed by atoms with E-state index in [1.54, 1.807) is 35.9 Å². The van der Waals surface area contributed by atoms with Gasteiger partial charge >= 0.3 is 11.9 Å². The van der Waals surface area contributed by atoms with Gasteiger partial charge in [0.15, 0.2) is 0 Å². The highest BCUT2D eigenvalue weighted by Gasteiger charge is 2.15. The first kappa shape index (κ1) is 19.1. The van der Waals surface area contributed by atoms with E-state index < -0.39 is 11.9 Å². The van der Waals surface area contributed by atoms with Crippen molar-refractivity contribution >= 4 is 17.7 Å². The lowest BCUT2D eigenvalue weighted by atomic mass is 10.1. The van der Waals surface area contributed by atoms with Crippen molar-refractivity contribution < 1.29 is 24.6 Å². The minimum Gasteiger partial charge on any atom is -0.481 e. The molecule has 0 unspecified atom stereocenters. The normalized spacial score (nSPS) is 9.79. The van der Waals surface area contributed by atoms with Crippen LogP contribution in [-0.4, -0.2) is 39.0 Å². The van der Waals surface area contributed by atoms with Gasteiger partial charge in [0.25, 0.3) is 0 Å². The van der Waals surface area contributed by atoms with Crippen molar-refractivity contribution in [3.63, 3.8) is 0 Å². The van der Waals surface area contributed by atoms with Crippen LogP contribution in [0.4, 0.5) is 0 Å². The first-order chi connectivity index (χ1) is 11.3. The largest absolute Gasteiger partial charge is 0.481 e. The molecular weight excluding hydrogens is 312 g/mol. The Labute approximate surface area is 139 Å². The Morgan fingerprint density at radius 2 is 1.54 bits per heavy atom. The van der Waals surface area contributed by atoms with Crippen LogP contribution < -0.4 is 5.73 Å². The quantitative estimate of drug-likeness (QED) is 0.708. The fourth-order valence-electron chi connectivity index (χ4n) is 1.97. The van der Waals surface area contributed by atoms with Crippen molar-refractivity contribution in [3.8, 4) is 0 Å². The Hall–Kier alpha value is -2.93. The van der Waals surface area contributed by atoms with Crippen molar-refractivity contribution in [1.29, 1.82) is 0 Å². The van der Waals surface area contributed by atoms with Crippen LogP contribution >= 0.6 is 0 Å². The molecule has 0 saturated carbocycles. The number of carboxylic acid groups (broad SMARTS) is 2. The van der Waals surface area contributed by atoms with E-state index in [0.717, 1.165) is 5.56 Å². The summed E-state index contributed by atoms with van der Waals surface area (Å²) in [5.74, 6) is -1.97. The zero-order valence-corrected chi connectivity index (χ0v) is 13.5. The van der Waals surface area contributed by atoms with E-state index in [1.165, 1.54) is 0 Å². The molecule has 0 aliphatic carbocycles. The smallest absolute Gasteiger partial charge is 0.317 e. The highest BCUT2D eigenvalue weighted by atomic mass is 16.4. The van der Waals surface area contributed by atoms with Gasteiger partial charge in [-0.15, -0.1) is 0 Å². The minimum absolute atomic E-state index is 0.0856. The highest BCUT2D eigenvalue weighted by molar-refractivity contribution is 6.08. The number of benzene rings is 1. The molecule has 7 nitrogen and oxygen atoms in total. The fourth-order valence-corrected chi connectivity index (χ4v) is 1.97. The molecule has 0 aliphatic heterocycles. The molecule has 7 heteroatoms. The summed E-state index contributed by atoms with van der Waals surface area (Å²) in [4.78, 5) is 32.3. The summed E-state index contributed by atoms with van der Waals surface area (Å²) in [5, 5.41) is 16.4. The van der Waals surface area contributed by atoms with Gasteiger partial charge < -0.3 is 20.5 Å². The topological polar surface area (TPSA) is 123 Å². The second kappa shape index (κ2) is 8.64. The molecule has 0 amide bonds. The van der Waals surface area contributed by atoms with E-state index in [2.05, 4.69) is 5.73 Å². The van der Waals surface area contributed by atoms with E-state index in [1.807, 2.05) is 19.1 Å². The summed E-state index contributed by atoms with van der Waals surface area (Å²) in [5.41, 5.74) is 7.38. The van der Waals surface area contributed by atoms with Gasteiger partial charge in [-0.05, 0) is 19.1 Å². The number of carbonyl (C=O) groups is 3. The van der Waals surface area contributed by atoms with Crippen LogP contribution in [0.5, 0.6) is 0 Å². The summed E-state index contributed by atoms with van der Waals surface area (Å²) in [6, 6.07) is 10.7. The van der Waals surface area contributed by atoms with Gasteiger partial charge in [0, 0.05) is 18.3 Å². The number of carbonyl (C=O) groups excluding carboxylic acids is 1. The summed E-state index contributed by atoms with van der Waals surface area (Å²) < 4.78 is 1.64. The lowest BCUT2D eigenvalue weighted by molar-refractivity contribution is -0.136. The number of nitrogens with zero attached hydrogens (tertiary/aromatic N) is 1. The van der Waals surface area contributed by atoms with Crippen molar-refractivity contribution in [2.45, 2.75) is 13.3 Å². The number of aryl methyl sites for hydroxylation is 1. The lowest BCUT2D eigenvalue weighted by Crippen LogP contribution is -2.11. The van der Waals surface area contributed by atoms with Gasteiger partial charge in [0.1, 0.15) is 0 Å². The molecule has 2 aromatic rings. The van der Waals surface area contributed by atoms with E-state index in [9.17, 15) is 14.4 Å². The van der Waals surface area contributed by atoms with Crippen LogP contribution in [0.25, 0.3) is 0 Å². The van der Waals surface area contributed by atoms with Gasteiger partial charge in [-0.2, -0.15) is 0 Å². The number of nitrogens with two attached hydrogens (primary N) is 1. The molecular formula is C17H20N2O5.